The van der Waals surface area contributed by atoms with Gasteiger partial charge >= 0.3 is 0 Å². The number of carbonyl (C=O) groups is 1. The molecule has 3 aromatic carbocycles. The minimum atomic E-state index is -0.331. The summed E-state index contributed by atoms with van der Waals surface area (Å²) in [5, 5.41) is 9.32. The molecule has 4 aromatic rings. The fourth-order valence-electron chi connectivity index (χ4n) is 4.37. The van der Waals surface area contributed by atoms with E-state index in [0.29, 0.717) is 29.0 Å². The molecule has 0 spiro atoms. The summed E-state index contributed by atoms with van der Waals surface area (Å²) in [4.78, 5) is 15.3. The van der Waals surface area contributed by atoms with Gasteiger partial charge in [-0.1, -0.05) is 48.2 Å². The first-order valence-electron chi connectivity index (χ1n) is 11.2. The zero-order valence-electron chi connectivity index (χ0n) is 18.5. The van der Waals surface area contributed by atoms with Crippen LogP contribution in [0.5, 0.6) is 11.5 Å². The number of ether oxygens (including phenoxy) is 2. The molecular formula is C26H22N4O3S. The summed E-state index contributed by atoms with van der Waals surface area (Å²) in [6, 6.07) is 23.8. The lowest BCUT2D eigenvalue weighted by Gasteiger charge is -2.21. The van der Waals surface area contributed by atoms with E-state index in [4.69, 9.17) is 9.47 Å². The van der Waals surface area contributed by atoms with Gasteiger partial charge < -0.3 is 14.4 Å². The van der Waals surface area contributed by atoms with Gasteiger partial charge in [-0.15, -0.1) is 10.2 Å². The molecule has 8 heteroatoms. The molecule has 170 valence electrons. The van der Waals surface area contributed by atoms with Gasteiger partial charge in [-0.25, -0.2) is 0 Å². The highest BCUT2D eigenvalue weighted by Crippen LogP contribution is 2.38. The second-order valence-corrected chi connectivity index (χ2v) is 9.48. The molecule has 7 nitrogen and oxygen atoms in total. The topological polar surface area (TPSA) is 69.5 Å². The van der Waals surface area contributed by atoms with Gasteiger partial charge in [-0.05, 0) is 55.3 Å². The van der Waals surface area contributed by atoms with Crippen molar-refractivity contribution in [2.24, 2.45) is 0 Å². The summed E-state index contributed by atoms with van der Waals surface area (Å²) < 4.78 is 13.0. The smallest absolute Gasteiger partial charge is 0.240 e. The Morgan fingerprint density at radius 3 is 2.65 bits per heavy atom. The molecular weight excluding hydrogens is 448 g/mol. The predicted molar refractivity (Wildman–Crippen MR) is 131 cm³/mol. The van der Waals surface area contributed by atoms with Gasteiger partial charge in [-0.3, -0.25) is 9.36 Å². The van der Waals surface area contributed by atoms with Crippen LogP contribution in [0.25, 0.3) is 17.1 Å². The Bertz CT molecular complexity index is 1370. The van der Waals surface area contributed by atoms with E-state index in [1.165, 1.54) is 17.3 Å². The quantitative estimate of drug-likeness (QED) is 0.393. The molecule has 0 saturated carbocycles. The van der Waals surface area contributed by atoms with Crippen molar-refractivity contribution in [3.63, 3.8) is 0 Å². The van der Waals surface area contributed by atoms with Crippen molar-refractivity contribution in [2.45, 2.75) is 23.8 Å². The van der Waals surface area contributed by atoms with E-state index in [2.05, 4.69) is 16.3 Å². The van der Waals surface area contributed by atoms with Crippen molar-refractivity contribution in [1.82, 2.24) is 14.8 Å². The third-order valence-electron chi connectivity index (χ3n) is 6.06. The van der Waals surface area contributed by atoms with E-state index in [1.54, 1.807) is 0 Å². The SMILES string of the molecule is CC(Sc1nnc(-c2ccc3c(c2)OCO3)n1-c1ccccc1)C(=O)N1CCc2ccccc21. The van der Waals surface area contributed by atoms with E-state index < -0.39 is 0 Å². The molecule has 0 saturated heterocycles. The monoisotopic (exact) mass is 470 g/mol. The molecule has 3 heterocycles. The Hall–Kier alpha value is -3.78. The van der Waals surface area contributed by atoms with Crippen LogP contribution in [0.4, 0.5) is 5.69 Å². The van der Waals surface area contributed by atoms with Crippen LogP contribution in [0.2, 0.25) is 0 Å². The molecule has 2 aliphatic rings. The minimum Gasteiger partial charge on any atom is -0.454 e. The van der Waals surface area contributed by atoms with Crippen molar-refractivity contribution in [3.8, 4) is 28.6 Å². The highest BCUT2D eigenvalue weighted by Gasteiger charge is 2.30. The molecule has 1 aromatic heterocycles. The van der Waals surface area contributed by atoms with Crippen LogP contribution in [0.3, 0.4) is 0 Å². The van der Waals surface area contributed by atoms with Gasteiger partial charge in [0.05, 0.1) is 5.25 Å². The first kappa shape index (κ1) is 20.8. The average molecular weight is 471 g/mol. The Labute approximate surface area is 201 Å². The highest BCUT2D eigenvalue weighted by molar-refractivity contribution is 8.00. The van der Waals surface area contributed by atoms with E-state index in [9.17, 15) is 4.79 Å². The van der Waals surface area contributed by atoms with Crippen LogP contribution in [0, 0.1) is 0 Å². The van der Waals surface area contributed by atoms with Crippen LogP contribution in [0.15, 0.2) is 78.0 Å². The van der Waals surface area contributed by atoms with Gasteiger partial charge in [-0.2, -0.15) is 0 Å². The summed E-state index contributed by atoms with van der Waals surface area (Å²) in [5.74, 6) is 2.15. The first-order valence-corrected chi connectivity index (χ1v) is 12.0. The van der Waals surface area contributed by atoms with Crippen molar-refractivity contribution in [3.05, 3.63) is 78.4 Å². The van der Waals surface area contributed by atoms with Gasteiger partial charge in [0.1, 0.15) is 0 Å². The van der Waals surface area contributed by atoms with Crippen LogP contribution < -0.4 is 14.4 Å². The molecule has 1 amide bonds. The summed E-state index contributed by atoms with van der Waals surface area (Å²) in [5.41, 5.74) is 4.00. The minimum absolute atomic E-state index is 0.0715. The van der Waals surface area contributed by atoms with Gasteiger partial charge in [0.25, 0.3) is 0 Å². The summed E-state index contributed by atoms with van der Waals surface area (Å²) in [7, 11) is 0. The number of nitrogens with zero attached hydrogens (tertiary/aromatic N) is 4. The fraction of sp³-hybridized carbons (Fsp3) is 0.192. The number of aromatic nitrogens is 3. The molecule has 0 aliphatic carbocycles. The molecule has 6 rings (SSSR count). The van der Waals surface area contributed by atoms with E-state index in [1.807, 2.05) is 83.1 Å². The van der Waals surface area contributed by atoms with Gasteiger partial charge in [0.2, 0.25) is 12.7 Å². The Morgan fingerprint density at radius 2 is 1.76 bits per heavy atom. The number of rotatable bonds is 5. The van der Waals surface area contributed by atoms with Crippen LogP contribution in [0.1, 0.15) is 12.5 Å². The second kappa shape index (κ2) is 8.53. The van der Waals surface area contributed by atoms with Crippen LogP contribution in [-0.4, -0.2) is 39.3 Å². The molecule has 1 atom stereocenters. The number of fused-ring (bicyclic) bond motifs is 2. The van der Waals surface area contributed by atoms with E-state index in [0.717, 1.165) is 23.4 Å². The Morgan fingerprint density at radius 1 is 0.971 bits per heavy atom. The lowest BCUT2D eigenvalue weighted by molar-refractivity contribution is -0.117. The normalized spacial score (nSPS) is 14.8. The van der Waals surface area contributed by atoms with Crippen molar-refractivity contribution in [2.75, 3.05) is 18.2 Å². The largest absolute Gasteiger partial charge is 0.454 e. The number of benzene rings is 3. The summed E-state index contributed by atoms with van der Waals surface area (Å²) >= 11 is 1.42. The van der Waals surface area contributed by atoms with E-state index >= 15 is 0 Å². The maximum Gasteiger partial charge on any atom is 0.240 e. The lowest BCUT2D eigenvalue weighted by Crippen LogP contribution is -2.35. The number of amides is 1. The number of carbonyl (C=O) groups excluding carboxylic acids is 1. The van der Waals surface area contributed by atoms with Crippen molar-refractivity contribution < 1.29 is 14.3 Å². The number of anilines is 1. The molecule has 0 fully saturated rings. The van der Waals surface area contributed by atoms with E-state index in [-0.39, 0.29) is 18.0 Å². The van der Waals surface area contributed by atoms with Gasteiger partial charge in [0, 0.05) is 23.5 Å². The third-order valence-corrected chi connectivity index (χ3v) is 7.09. The molecule has 1 unspecified atom stereocenters. The zero-order valence-corrected chi connectivity index (χ0v) is 19.4. The zero-order chi connectivity index (χ0) is 23.1. The highest BCUT2D eigenvalue weighted by atomic mass is 32.2. The number of thioether (sulfide) groups is 1. The molecule has 0 N–H and O–H groups in total. The molecule has 2 aliphatic heterocycles. The Balaban J connectivity index is 1.34. The first-order chi connectivity index (χ1) is 16.7. The van der Waals surface area contributed by atoms with Crippen molar-refractivity contribution in [1.29, 1.82) is 0 Å². The lowest BCUT2D eigenvalue weighted by atomic mass is 10.2. The predicted octanol–water partition coefficient (Wildman–Crippen LogP) is 4.73. The summed E-state index contributed by atoms with van der Waals surface area (Å²) in [6.07, 6.45) is 0.883. The average Bonchev–Trinajstić information content (AvgIpc) is 3.61. The fourth-order valence-corrected chi connectivity index (χ4v) is 5.30. The summed E-state index contributed by atoms with van der Waals surface area (Å²) in [6.45, 7) is 2.85. The Kier molecular flexibility index (Phi) is 5.22. The van der Waals surface area contributed by atoms with Crippen LogP contribution >= 0.6 is 11.8 Å². The molecule has 0 bridgehead atoms. The number of para-hydroxylation sites is 2. The third kappa shape index (κ3) is 3.60. The maximum atomic E-state index is 13.4. The second-order valence-electron chi connectivity index (χ2n) is 8.17. The maximum absolute atomic E-state index is 13.4. The molecule has 34 heavy (non-hydrogen) atoms. The number of hydrogen-bond acceptors (Lipinski definition) is 6. The molecule has 0 radical (unpaired) electrons. The van der Waals surface area contributed by atoms with Crippen molar-refractivity contribution >= 4 is 23.4 Å². The number of hydrogen-bond donors (Lipinski definition) is 0. The van der Waals surface area contributed by atoms with Crippen LogP contribution in [-0.2, 0) is 11.2 Å². The standard InChI is InChI=1S/C26H22N4O3S/c1-17(25(31)29-14-13-18-7-5-6-10-21(18)29)34-26-28-27-24(30(26)20-8-3-2-4-9-20)19-11-12-22-23(15-19)33-16-32-22/h2-12,15,17H,13-14,16H2,1H3. The van der Waals surface area contributed by atoms with Gasteiger partial charge in [0.15, 0.2) is 22.5 Å².